The number of likely N-dealkylation sites (N-methyl/N-ethyl adjacent to an activating group) is 1. The van der Waals surface area contributed by atoms with Crippen molar-refractivity contribution in [2.45, 2.75) is 26.0 Å². The number of aromatic nitrogens is 5. The number of piperazine rings is 1. The minimum Gasteiger partial charge on any atom is -0.412 e. The molecule has 1 fully saturated rings. The first-order valence-corrected chi connectivity index (χ1v) is 12.4. The Morgan fingerprint density at radius 3 is 2.45 bits per heavy atom. The van der Waals surface area contributed by atoms with Crippen molar-refractivity contribution in [1.82, 2.24) is 29.6 Å². The molecule has 0 saturated carbocycles. The predicted molar refractivity (Wildman–Crippen MR) is 150 cm³/mol. The van der Waals surface area contributed by atoms with E-state index >= 15 is 0 Å². The van der Waals surface area contributed by atoms with Gasteiger partial charge in [0, 0.05) is 37.6 Å². The lowest BCUT2D eigenvalue weighted by atomic mass is 10.0. The van der Waals surface area contributed by atoms with Crippen LogP contribution in [0.4, 0.5) is 17.3 Å². The van der Waals surface area contributed by atoms with E-state index in [1.165, 1.54) is 10.4 Å². The van der Waals surface area contributed by atoms with Crippen LogP contribution >= 0.6 is 0 Å². The zero-order chi connectivity index (χ0) is 26.2. The highest BCUT2D eigenvalue weighted by Gasteiger charge is 2.22. The first kappa shape index (κ1) is 27.0. The molecule has 0 atom stereocenters. The molecule has 1 aliphatic rings. The fourth-order valence-electron chi connectivity index (χ4n) is 4.41. The predicted octanol–water partition coefficient (Wildman–Crippen LogP) is 2.27. The van der Waals surface area contributed by atoms with Gasteiger partial charge >= 0.3 is 0 Å². The number of nitrogens with zero attached hydrogens (tertiary/aromatic N) is 6. The van der Waals surface area contributed by atoms with Gasteiger partial charge in [-0.1, -0.05) is 12.1 Å². The summed E-state index contributed by atoms with van der Waals surface area (Å²) in [4.78, 5) is 31.8. The lowest BCUT2D eigenvalue weighted by Gasteiger charge is -2.34. The zero-order valence-electron chi connectivity index (χ0n) is 21.9. The molecule has 0 aliphatic carbocycles. The molecule has 0 bridgehead atoms. The van der Waals surface area contributed by atoms with Crippen LogP contribution < -0.4 is 15.8 Å². The third-order valence-electron chi connectivity index (χ3n) is 6.53. The molecule has 0 amide bonds. The van der Waals surface area contributed by atoms with E-state index in [1.54, 1.807) is 38.1 Å². The molecule has 4 aromatic rings. The maximum Gasteiger partial charge on any atom is 0.278 e. The largest absolute Gasteiger partial charge is 0.412 e. The molecule has 11 heteroatoms. The van der Waals surface area contributed by atoms with Gasteiger partial charge in [0.05, 0.1) is 17.9 Å². The number of aliphatic hydroxyl groups is 1. The Labute approximate surface area is 220 Å². The van der Waals surface area contributed by atoms with Crippen LogP contribution in [-0.2, 0) is 12.1 Å². The van der Waals surface area contributed by atoms with Crippen LogP contribution in [0.3, 0.4) is 0 Å². The van der Waals surface area contributed by atoms with Crippen LogP contribution in [0, 0.1) is 0 Å². The Kier molecular flexibility index (Phi) is 7.63. The number of pyridine rings is 1. The van der Waals surface area contributed by atoms with Crippen molar-refractivity contribution in [2.24, 2.45) is 0 Å². The quantitative estimate of drug-likeness (QED) is 0.316. The third kappa shape index (κ3) is 5.44. The Morgan fingerprint density at radius 2 is 1.79 bits per heavy atom. The number of hydrogen-bond acceptors (Lipinski definition) is 8. The molecule has 0 spiro atoms. The van der Waals surface area contributed by atoms with Crippen molar-refractivity contribution in [3.63, 3.8) is 0 Å². The van der Waals surface area contributed by atoms with Gasteiger partial charge in [0.2, 0.25) is 5.95 Å². The third-order valence-corrected chi connectivity index (χ3v) is 6.53. The number of aromatic amines is 1. The molecule has 11 nitrogen and oxygen atoms in total. The average molecular weight is 519 g/mol. The Balaban J connectivity index is 0.00000336. The van der Waals surface area contributed by atoms with E-state index in [0.29, 0.717) is 40.6 Å². The van der Waals surface area contributed by atoms with Gasteiger partial charge in [0.15, 0.2) is 5.65 Å². The molecule has 5 rings (SSSR count). The van der Waals surface area contributed by atoms with Gasteiger partial charge in [-0.2, -0.15) is 4.98 Å². The van der Waals surface area contributed by atoms with Gasteiger partial charge in [-0.3, -0.25) is 9.89 Å². The van der Waals surface area contributed by atoms with Crippen LogP contribution in [0.1, 0.15) is 19.5 Å². The molecule has 5 N–H and O–H groups in total. The maximum absolute atomic E-state index is 13.2. The van der Waals surface area contributed by atoms with Crippen molar-refractivity contribution in [3.8, 4) is 11.4 Å². The van der Waals surface area contributed by atoms with E-state index in [0.717, 1.165) is 31.9 Å². The number of anilines is 3. The van der Waals surface area contributed by atoms with E-state index in [-0.39, 0.29) is 11.0 Å². The number of nitrogens with one attached hydrogen (secondary N) is 2. The number of allylic oxidation sites excluding steroid dienone is 1. The number of benzene rings is 1. The molecule has 1 saturated heterocycles. The minimum absolute atomic E-state index is 0. The first-order valence-electron chi connectivity index (χ1n) is 12.4. The van der Waals surface area contributed by atoms with Gasteiger partial charge in [-0.15, -0.1) is 6.58 Å². The topological polar surface area (TPSA) is 147 Å². The summed E-state index contributed by atoms with van der Waals surface area (Å²) in [7, 11) is 2.14. The number of H-pyrrole nitrogens is 1. The van der Waals surface area contributed by atoms with Gasteiger partial charge in [-0.05, 0) is 57.3 Å². The molecule has 3 aromatic heterocycles. The first-order chi connectivity index (χ1) is 17.7. The summed E-state index contributed by atoms with van der Waals surface area (Å²) >= 11 is 0. The second-order valence-corrected chi connectivity index (χ2v) is 9.86. The summed E-state index contributed by atoms with van der Waals surface area (Å²) < 4.78 is 1.43. The summed E-state index contributed by atoms with van der Waals surface area (Å²) in [5, 5.41) is 17.1. The number of hydrogen-bond donors (Lipinski definition) is 3. The summed E-state index contributed by atoms with van der Waals surface area (Å²) in [5.74, 6) is 0.331. The highest BCUT2D eigenvalue weighted by molar-refractivity contribution is 5.90. The van der Waals surface area contributed by atoms with Gasteiger partial charge in [-0.25, -0.2) is 14.6 Å². The van der Waals surface area contributed by atoms with Crippen LogP contribution in [0.2, 0.25) is 0 Å². The average Bonchev–Trinajstić information content (AvgIpc) is 3.19. The van der Waals surface area contributed by atoms with Crippen LogP contribution in [0.25, 0.3) is 22.4 Å². The number of fused-ring (bicyclic) bond motifs is 1. The maximum atomic E-state index is 13.2. The second-order valence-electron chi connectivity index (χ2n) is 9.86. The van der Waals surface area contributed by atoms with Crippen LogP contribution in [0.15, 0.2) is 59.9 Å². The summed E-state index contributed by atoms with van der Waals surface area (Å²) in [6, 6.07) is 13.5. The molecule has 0 radical (unpaired) electrons. The van der Waals surface area contributed by atoms with E-state index in [1.807, 2.05) is 12.1 Å². The van der Waals surface area contributed by atoms with Crippen molar-refractivity contribution in [3.05, 3.63) is 71.2 Å². The van der Waals surface area contributed by atoms with Crippen LogP contribution in [-0.4, -0.2) is 73.4 Å². The Morgan fingerprint density at radius 1 is 1.08 bits per heavy atom. The molecule has 0 unspecified atom stereocenters. The van der Waals surface area contributed by atoms with Gasteiger partial charge < -0.3 is 25.7 Å². The second kappa shape index (κ2) is 10.7. The van der Waals surface area contributed by atoms with E-state index in [2.05, 4.69) is 55.9 Å². The fourth-order valence-corrected chi connectivity index (χ4v) is 4.41. The molecular formula is C27H34N8O3. The lowest BCUT2D eigenvalue weighted by Crippen LogP contribution is -2.44. The fraction of sp³-hybridized carbons (Fsp3) is 0.333. The lowest BCUT2D eigenvalue weighted by molar-refractivity contribution is 0.0740. The SMILES string of the molecule is C=CCn1[nH]c2nc(Nc3ccc(N4CCN(C)CC4)cc3)nc(-c3cccc(C(C)(C)O)n3)c2c1=O.O. The molecular weight excluding hydrogens is 484 g/mol. The summed E-state index contributed by atoms with van der Waals surface area (Å²) in [5.41, 5.74) is 2.33. The molecule has 4 heterocycles. The minimum atomic E-state index is -1.14. The molecule has 1 aromatic carbocycles. The van der Waals surface area contributed by atoms with Crippen molar-refractivity contribution < 1.29 is 10.6 Å². The smallest absolute Gasteiger partial charge is 0.278 e. The van der Waals surface area contributed by atoms with Crippen molar-refractivity contribution >= 4 is 28.4 Å². The van der Waals surface area contributed by atoms with Gasteiger partial charge in [0.1, 0.15) is 16.7 Å². The van der Waals surface area contributed by atoms with E-state index in [4.69, 9.17) is 4.98 Å². The molecule has 1 aliphatic heterocycles. The highest BCUT2D eigenvalue weighted by Crippen LogP contribution is 2.27. The van der Waals surface area contributed by atoms with Crippen molar-refractivity contribution in [2.75, 3.05) is 43.4 Å². The number of rotatable bonds is 7. The van der Waals surface area contributed by atoms with E-state index < -0.39 is 5.60 Å². The molecule has 200 valence electrons. The standard InChI is InChI=1S/C27H32N8O2.H2O/c1-5-13-35-25(36)22-23(20-7-6-8-21(29-20)27(2,3)37)30-26(31-24(22)32-35)28-18-9-11-19(12-10-18)34-16-14-33(4)15-17-34;/h5-12,37H,1,13-17H2,2-4H3,(H2,28,30,31,32);1H2. The molecule has 38 heavy (non-hydrogen) atoms. The summed E-state index contributed by atoms with van der Waals surface area (Å²) in [6.45, 7) is 11.5. The van der Waals surface area contributed by atoms with Crippen LogP contribution in [0.5, 0.6) is 0 Å². The Bertz CT molecular complexity index is 1480. The monoisotopic (exact) mass is 518 g/mol. The summed E-state index contributed by atoms with van der Waals surface area (Å²) in [6.07, 6.45) is 1.64. The Hall–Kier alpha value is -4.06. The van der Waals surface area contributed by atoms with E-state index in [9.17, 15) is 9.90 Å². The van der Waals surface area contributed by atoms with Crippen molar-refractivity contribution in [1.29, 1.82) is 0 Å². The normalized spacial score (nSPS) is 14.4. The van der Waals surface area contributed by atoms with Gasteiger partial charge in [0.25, 0.3) is 5.56 Å². The highest BCUT2D eigenvalue weighted by atomic mass is 16.3. The zero-order valence-corrected chi connectivity index (χ0v) is 21.9.